The topological polar surface area (TPSA) is 60.7 Å². The summed E-state index contributed by atoms with van der Waals surface area (Å²) >= 11 is 0. The summed E-state index contributed by atoms with van der Waals surface area (Å²) in [5.74, 6) is 0.634. The highest BCUT2D eigenvalue weighted by Gasteiger charge is 2.24. The van der Waals surface area contributed by atoms with Crippen molar-refractivity contribution in [2.75, 3.05) is 0 Å². The highest BCUT2D eigenvalue weighted by atomic mass is 16.3. The predicted molar refractivity (Wildman–Crippen MR) is 95.4 cm³/mol. The summed E-state index contributed by atoms with van der Waals surface area (Å²) in [6.45, 7) is 4.21. The van der Waals surface area contributed by atoms with Gasteiger partial charge < -0.3 is 15.3 Å². The Morgan fingerprint density at radius 2 is 1.12 bits per heavy atom. The van der Waals surface area contributed by atoms with E-state index in [-0.39, 0.29) is 22.7 Å². The molecule has 3 N–H and O–H groups in total. The zero-order chi connectivity index (χ0) is 17.3. The second-order valence-electron chi connectivity index (χ2n) is 6.45. The molecule has 3 heteroatoms. The lowest BCUT2D eigenvalue weighted by Gasteiger charge is -2.27. The number of rotatable bonds is 3. The lowest BCUT2D eigenvalue weighted by Crippen LogP contribution is -2.18. The zero-order valence-electron chi connectivity index (χ0n) is 13.7. The molecule has 0 aliphatic carbocycles. The van der Waals surface area contributed by atoms with Crippen LogP contribution in [-0.4, -0.2) is 15.3 Å². The van der Waals surface area contributed by atoms with Crippen molar-refractivity contribution in [2.24, 2.45) is 0 Å². The van der Waals surface area contributed by atoms with E-state index in [4.69, 9.17) is 0 Å². The third-order valence-corrected chi connectivity index (χ3v) is 4.49. The summed E-state index contributed by atoms with van der Waals surface area (Å²) in [6, 6.07) is 19.5. The molecule has 0 amide bonds. The van der Waals surface area contributed by atoms with Crippen LogP contribution in [0.1, 0.15) is 25.0 Å². The van der Waals surface area contributed by atoms with Gasteiger partial charge in [-0.25, -0.2) is 0 Å². The summed E-state index contributed by atoms with van der Waals surface area (Å²) in [5.41, 5.74) is 3.40. The Bertz CT molecular complexity index is 847. The van der Waals surface area contributed by atoms with Crippen LogP contribution in [0, 0.1) is 0 Å². The van der Waals surface area contributed by atoms with Gasteiger partial charge >= 0.3 is 0 Å². The quantitative estimate of drug-likeness (QED) is 0.650. The Balaban J connectivity index is 2.07. The maximum absolute atomic E-state index is 10.2. The second kappa shape index (κ2) is 5.93. The van der Waals surface area contributed by atoms with Gasteiger partial charge in [0, 0.05) is 11.0 Å². The van der Waals surface area contributed by atoms with Crippen molar-refractivity contribution in [3.8, 4) is 28.4 Å². The van der Waals surface area contributed by atoms with E-state index in [9.17, 15) is 15.3 Å². The van der Waals surface area contributed by atoms with E-state index in [0.29, 0.717) is 0 Å². The van der Waals surface area contributed by atoms with Crippen LogP contribution in [0.4, 0.5) is 0 Å². The van der Waals surface area contributed by atoms with Gasteiger partial charge in [-0.2, -0.15) is 0 Å². The maximum atomic E-state index is 10.2. The number of phenols is 3. The van der Waals surface area contributed by atoms with Crippen LogP contribution in [-0.2, 0) is 5.41 Å². The summed E-state index contributed by atoms with van der Waals surface area (Å²) in [6.07, 6.45) is 0. The number of aromatic hydroxyl groups is 3. The largest absolute Gasteiger partial charge is 0.508 e. The lowest BCUT2D eigenvalue weighted by atomic mass is 9.77. The van der Waals surface area contributed by atoms with E-state index < -0.39 is 0 Å². The molecule has 3 nitrogen and oxygen atoms in total. The summed E-state index contributed by atoms with van der Waals surface area (Å²) in [5, 5.41) is 29.2. The Morgan fingerprint density at radius 1 is 0.625 bits per heavy atom. The summed E-state index contributed by atoms with van der Waals surface area (Å²) < 4.78 is 0. The Morgan fingerprint density at radius 3 is 1.71 bits per heavy atom. The Kier molecular flexibility index (Phi) is 3.94. The van der Waals surface area contributed by atoms with Gasteiger partial charge in [0.2, 0.25) is 0 Å². The van der Waals surface area contributed by atoms with Gasteiger partial charge in [-0.1, -0.05) is 44.2 Å². The van der Waals surface area contributed by atoms with Gasteiger partial charge in [0.05, 0.1) is 0 Å². The molecular formula is C21H20O3. The predicted octanol–water partition coefficient (Wildman–Crippen LogP) is 4.80. The van der Waals surface area contributed by atoms with E-state index in [1.165, 1.54) is 0 Å². The highest BCUT2D eigenvalue weighted by Crippen LogP contribution is 2.38. The van der Waals surface area contributed by atoms with Crippen LogP contribution in [0.3, 0.4) is 0 Å². The molecule has 0 saturated heterocycles. The van der Waals surface area contributed by atoms with Crippen LogP contribution in [0.15, 0.2) is 66.7 Å². The minimum Gasteiger partial charge on any atom is -0.508 e. The van der Waals surface area contributed by atoms with Crippen molar-refractivity contribution < 1.29 is 15.3 Å². The fourth-order valence-electron chi connectivity index (χ4n) is 2.84. The molecule has 0 radical (unpaired) electrons. The molecule has 3 aromatic rings. The third-order valence-electron chi connectivity index (χ3n) is 4.49. The van der Waals surface area contributed by atoms with Crippen molar-refractivity contribution in [3.63, 3.8) is 0 Å². The van der Waals surface area contributed by atoms with Gasteiger partial charge in [-0.15, -0.1) is 0 Å². The standard InChI is InChI=1S/C21H20O3/c1-21(2,15-5-10-18(23)11-6-15)16-7-12-20(24)19(13-16)14-3-8-17(22)9-4-14/h3-13,22-24H,1-2H3. The summed E-state index contributed by atoms with van der Waals surface area (Å²) in [4.78, 5) is 0. The molecule has 0 aliphatic rings. The van der Waals surface area contributed by atoms with Gasteiger partial charge in [0.1, 0.15) is 17.2 Å². The van der Waals surface area contributed by atoms with Crippen molar-refractivity contribution in [2.45, 2.75) is 19.3 Å². The first kappa shape index (κ1) is 15.9. The molecule has 0 fully saturated rings. The molecule has 3 rings (SSSR count). The first-order valence-corrected chi connectivity index (χ1v) is 7.80. The minimum atomic E-state index is -0.285. The molecule has 0 saturated carbocycles. The van der Waals surface area contributed by atoms with Crippen LogP contribution in [0.5, 0.6) is 17.2 Å². The zero-order valence-corrected chi connectivity index (χ0v) is 13.7. The normalized spacial score (nSPS) is 11.4. The minimum absolute atomic E-state index is 0.193. The van der Waals surface area contributed by atoms with E-state index in [0.717, 1.165) is 22.3 Å². The van der Waals surface area contributed by atoms with Crippen LogP contribution < -0.4 is 0 Å². The van der Waals surface area contributed by atoms with Crippen LogP contribution in [0.25, 0.3) is 11.1 Å². The van der Waals surface area contributed by atoms with Crippen LogP contribution in [0.2, 0.25) is 0 Å². The SMILES string of the molecule is CC(C)(c1ccc(O)cc1)c1ccc(O)c(-c2ccc(O)cc2)c1. The average molecular weight is 320 g/mol. The molecule has 0 bridgehead atoms. The maximum Gasteiger partial charge on any atom is 0.123 e. The van der Waals surface area contributed by atoms with Crippen molar-refractivity contribution in [3.05, 3.63) is 77.9 Å². The van der Waals surface area contributed by atoms with Crippen molar-refractivity contribution >= 4 is 0 Å². The highest BCUT2D eigenvalue weighted by molar-refractivity contribution is 5.72. The molecule has 24 heavy (non-hydrogen) atoms. The summed E-state index contributed by atoms with van der Waals surface area (Å²) in [7, 11) is 0. The van der Waals surface area contributed by atoms with E-state index in [2.05, 4.69) is 13.8 Å². The number of hydrogen-bond donors (Lipinski definition) is 3. The molecule has 0 atom stereocenters. The Hall–Kier alpha value is -2.94. The number of hydrogen-bond acceptors (Lipinski definition) is 3. The molecule has 122 valence electrons. The van der Waals surface area contributed by atoms with Gasteiger partial charge in [0.15, 0.2) is 0 Å². The fraction of sp³-hybridized carbons (Fsp3) is 0.143. The second-order valence-corrected chi connectivity index (χ2v) is 6.45. The molecule has 0 spiro atoms. The average Bonchev–Trinajstić information content (AvgIpc) is 2.56. The molecule has 3 aromatic carbocycles. The van der Waals surface area contributed by atoms with Crippen molar-refractivity contribution in [1.82, 2.24) is 0 Å². The smallest absolute Gasteiger partial charge is 0.123 e. The lowest BCUT2D eigenvalue weighted by molar-refractivity contribution is 0.473. The molecule has 0 heterocycles. The van der Waals surface area contributed by atoms with Gasteiger partial charge in [-0.3, -0.25) is 0 Å². The first-order valence-electron chi connectivity index (χ1n) is 7.80. The molecule has 0 aromatic heterocycles. The van der Waals surface area contributed by atoms with Crippen LogP contribution >= 0.6 is 0 Å². The fourth-order valence-corrected chi connectivity index (χ4v) is 2.84. The molecule has 0 unspecified atom stereocenters. The molecule has 0 aliphatic heterocycles. The van der Waals surface area contributed by atoms with Gasteiger partial charge in [0.25, 0.3) is 0 Å². The van der Waals surface area contributed by atoms with Gasteiger partial charge in [-0.05, 0) is 53.1 Å². The number of benzene rings is 3. The van der Waals surface area contributed by atoms with E-state index in [1.807, 2.05) is 24.3 Å². The van der Waals surface area contributed by atoms with Crippen molar-refractivity contribution in [1.29, 1.82) is 0 Å². The molecular weight excluding hydrogens is 300 g/mol. The Labute approximate surface area is 141 Å². The monoisotopic (exact) mass is 320 g/mol. The third kappa shape index (κ3) is 2.93. The first-order chi connectivity index (χ1) is 11.4. The van der Waals surface area contributed by atoms with E-state index >= 15 is 0 Å². The van der Waals surface area contributed by atoms with E-state index in [1.54, 1.807) is 42.5 Å². The number of phenolic OH excluding ortho intramolecular Hbond substituents is 3.